The van der Waals surface area contributed by atoms with E-state index in [0.717, 1.165) is 0 Å². The monoisotopic (exact) mass is 268 g/mol. The number of hydrogen-bond donors (Lipinski definition) is 0. The minimum absolute atomic E-state index is 0.0254. The maximum absolute atomic E-state index is 11.8. The van der Waals surface area contributed by atoms with Crippen LogP contribution in [0.15, 0.2) is 24.3 Å². The van der Waals surface area contributed by atoms with E-state index in [2.05, 4.69) is 0 Å². The van der Waals surface area contributed by atoms with Gasteiger partial charge in [-0.2, -0.15) is 0 Å². The van der Waals surface area contributed by atoms with Gasteiger partial charge in [0, 0.05) is 15.5 Å². The fourth-order valence-electron chi connectivity index (χ4n) is 1.42. The zero-order chi connectivity index (χ0) is 13.8. The van der Waals surface area contributed by atoms with Crippen molar-refractivity contribution in [1.29, 1.82) is 0 Å². The van der Waals surface area contributed by atoms with Crippen molar-refractivity contribution < 1.29 is 13.7 Å². The van der Waals surface area contributed by atoms with E-state index >= 15 is 0 Å². The Bertz CT molecular complexity index is 447. The molecule has 4 heteroatoms. The van der Waals surface area contributed by atoms with E-state index in [0.29, 0.717) is 23.7 Å². The van der Waals surface area contributed by atoms with Crippen LogP contribution in [-0.2, 0) is 10.8 Å². The number of benzene rings is 1. The third kappa shape index (κ3) is 4.26. The van der Waals surface area contributed by atoms with Crippen LogP contribution < -0.4 is 4.74 Å². The second-order valence-electron chi connectivity index (χ2n) is 5.06. The van der Waals surface area contributed by atoms with Gasteiger partial charge in [-0.05, 0) is 39.8 Å². The van der Waals surface area contributed by atoms with Gasteiger partial charge in [-0.15, -0.1) is 0 Å². The van der Waals surface area contributed by atoms with Gasteiger partial charge in [0.1, 0.15) is 5.75 Å². The van der Waals surface area contributed by atoms with E-state index in [1.807, 2.05) is 26.8 Å². The number of rotatable bonds is 5. The highest BCUT2D eigenvalue weighted by molar-refractivity contribution is 7.86. The van der Waals surface area contributed by atoms with Gasteiger partial charge in [-0.1, -0.05) is 12.1 Å². The highest BCUT2D eigenvalue weighted by Crippen LogP contribution is 2.19. The summed E-state index contributed by atoms with van der Waals surface area (Å²) in [6, 6.07) is 7.12. The van der Waals surface area contributed by atoms with Crippen LogP contribution in [0.3, 0.4) is 0 Å². The molecule has 0 aliphatic heterocycles. The molecule has 1 aromatic rings. The normalized spacial score (nSPS) is 13.1. The Labute approximate surface area is 111 Å². The molecule has 0 heterocycles. The van der Waals surface area contributed by atoms with Crippen LogP contribution in [0.4, 0.5) is 0 Å². The highest BCUT2D eigenvalue weighted by atomic mass is 32.2. The lowest BCUT2D eigenvalue weighted by Crippen LogP contribution is -2.26. The van der Waals surface area contributed by atoms with Crippen LogP contribution >= 0.6 is 0 Å². The quantitative estimate of drug-likeness (QED) is 0.771. The van der Waals surface area contributed by atoms with Crippen molar-refractivity contribution >= 4 is 16.6 Å². The molecule has 0 aliphatic carbocycles. The molecule has 0 N–H and O–H groups in total. The fourth-order valence-corrected chi connectivity index (χ4v) is 2.26. The van der Waals surface area contributed by atoms with E-state index in [1.54, 1.807) is 18.2 Å². The third-order valence-corrected chi connectivity index (χ3v) is 4.38. The zero-order valence-corrected chi connectivity index (χ0v) is 12.2. The largest absolute Gasteiger partial charge is 0.492 e. The van der Waals surface area contributed by atoms with E-state index in [-0.39, 0.29) is 10.5 Å². The topological polar surface area (TPSA) is 43.4 Å². The number of ether oxygens (including phenoxy) is 1. The molecule has 100 valence electrons. The van der Waals surface area contributed by atoms with E-state index in [9.17, 15) is 9.00 Å². The molecule has 0 spiro atoms. The van der Waals surface area contributed by atoms with Crippen LogP contribution in [0.1, 0.15) is 38.1 Å². The van der Waals surface area contributed by atoms with Crippen LogP contribution in [0, 0.1) is 0 Å². The first-order valence-electron chi connectivity index (χ1n) is 5.93. The van der Waals surface area contributed by atoms with Gasteiger partial charge in [0.05, 0.1) is 17.9 Å². The Morgan fingerprint density at radius 2 is 1.89 bits per heavy atom. The lowest BCUT2D eigenvalue weighted by molar-refractivity contribution is 0.101. The van der Waals surface area contributed by atoms with Crippen molar-refractivity contribution in [2.45, 2.75) is 32.4 Å². The summed E-state index contributed by atoms with van der Waals surface area (Å²) in [7, 11) is -0.938. The molecule has 0 bridgehead atoms. The van der Waals surface area contributed by atoms with Gasteiger partial charge in [-0.25, -0.2) is 0 Å². The Balaban J connectivity index is 2.60. The Morgan fingerprint density at radius 3 is 2.44 bits per heavy atom. The van der Waals surface area contributed by atoms with Crippen LogP contribution in [0.5, 0.6) is 5.75 Å². The zero-order valence-electron chi connectivity index (χ0n) is 11.4. The van der Waals surface area contributed by atoms with Crippen LogP contribution in [0.2, 0.25) is 0 Å². The third-order valence-electron chi connectivity index (χ3n) is 2.48. The summed E-state index contributed by atoms with van der Waals surface area (Å²) in [4.78, 5) is 11.4. The molecular weight excluding hydrogens is 248 g/mol. The first kappa shape index (κ1) is 14.9. The first-order valence-corrected chi connectivity index (χ1v) is 7.25. The Kier molecular flexibility index (Phi) is 5.08. The number of hydrogen-bond acceptors (Lipinski definition) is 3. The molecule has 0 radical (unpaired) electrons. The van der Waals surface area contributed by atoms with Crippen LogP contribution in [0.25, 0.3) is 0 Å². The smallest absolute Gasteiger partial charge is 0.163 e. The number of carbonyl (C=O) groups excluding carboxylic acids is 1. The first-order chi connectivity index (χ1) is 8.32. The van der Waals surface area contributed by atoms with Crippen molar-refractivity contribution in [3.8, 4) is 5.75 Å². The van der Waals surface area contributed by atoms with Gasteiger partial charge in [0.25, 0.3) is 0 Å². The summed E-state index contributed by atoms with van der Waals surface area (Å²) in [5.41, 5.74) is 0.569. The second-order valence-corrected chi connectivity index (χ2v) is 7.39. The van der Waals surface area contributed by atoms with Gasteiger partial charge < -0.3 is 4.74 Å². The van der Waals surface area contributed by atoms with E-state index in [4.69, 9.17) is 4.74 Å². The molecule has 0 saturated heterocycles. The molecule has 0 amide bonds. The van der Waals surface area contributed by atoms with E-state index in [1.165, 1.54) is 6.92 Å². The Morgan fingerprint density at radius 1 is 1.28 bits per heavy atom. The SMILES string of the molecule is CC(=O)c1ccccc1OCCS(=O)C(C)(C)C. The van der Waals surface area contributed by atoms with Crippen molar-refractivity contribution in [1.82, 2.24) is 0 Å². The molecule has 0 aliphatic rings. The summed E-state index contributed by atoms with van der Waals surface area (Å²) in [5.74, 6) is 1.01. The van der Waals surface area contributed by atoms with Crippen LogP contribution in [-0.4, -0.2) is 27.1 Å². The molecule has 0 aromatic heterocycles. The average molecular weight is 268 g/mol. The van der Waals surface area contributed by atoms with Crippen molar-refractivity contribution in [2.75, 3.05) is 12.4 Å². The second kappa shape index (κ2) is 6.14. The molecule has 1 unspecified atom stereocenters. The number of para-hydroxylation sites is 1. The Hall–Kier alpha value is -1.16. The molecule has 0 saturated carbocycles. The van der Waals surface area contributed by atoms with Gasteiger partial charge in [0.2, 0.25) is 0 Å². The number of Topliss-reactive ketones (excluding diaryl/α,β-unsaturated/α-hetero) is 1. The predicted octanol–water partition coefficient (Wildman–Crippen LogP) is 2.82. The molecule has 1 rings (SSSR count). The van der Waals surface area contributed by atoms with Crippen molar-refractivity contribution in [3.63, 3.8) is 0 Å². The maximum atomic E-state index is 11.8. The fraction of sp³-hybridized carbons (Fsp3) is 0.500. The van der Waals surface area contributed by atoms with Gasteiger partial charge >= 0.3 is 0 Å². The molecule has 1 atom stereocenters. The lowest BCUT2D eigenvalue weighted by atomic mass is 10.1. The predicted molar refractivity (Wildman–Crippen MR) is 74.7 cm³/mol. The summed E-state index contributed by atoms with van der Waals surface area (Å²) in [5, 5.41) is 0. The standard InChI is InChI=1S/C14H20O3S/c1-11(15)12-7-5-6-8-13(12)17-9-10-18(16)14(2,3)4/h5-8H,9-10H2,1-4H3. The van der Waals surface area contributed by atoms with Gasteiger partial charge in [0.15, 0.2) is 5.78 Å². The molecule has 0 fully saturated rings. The van der Waals surface area contributed by atoms with Crippen molar-refractivity contribution in [2.24, 2.45) is 0 Å². The van der Waals surface area contributed by atoms with Crippen molar-refractivity contribution in [3.05, 3.63) is 29.8 Å². The summed E-state index contributed by atoms with van der Waals surface area (Å²) < 4.78 is 17.2. The lowest BCUT2D eigenvalue weighted by Gasteiger charge is -2.18. The average Bonchev–Trinajstić information content (AvgIpc) is 2.28. The minimum atomic E-state index is -0.938. The minimum Gasteiger partial charge on any atom is -0.492 e. The summed E-state index contributed by atoms with van der Waals surface area (Å²) in [6.45, 7) is 7.68. The summed E-state index contributed by atoms with van der Waals surface area (Å²) >= 11 is 0. The molecular formula is C14H20O3S. The molecule has 1 aromatic carbocycles. The number of ketones is 1. The maximum Gasteiger partial charge on any atom is 0.163 e. The summed E-state index contributed by atoms with van der Waals surface area (Å²) in [6.07, 6.45) is 0. The molecule has 3 nitrogen and oxygen atoms in total. The molecule has 18 heavy (non-hydrogen) atoms. The number of carbonyl (C=O) groups is 1. The van der Waals surface area contributed by atoms with Gasteiger partial charge in [-0.3, -0.25) is 9.00 Å². The van der Waals surface area contributed by atoms with E-state index < -0.39 is 10.8 Å². The highest BCUT2D eigenvalue weighted by Gasteiger charge is 2.19.